The summed E-state index contributed by atoms with van der Waals surface area (Å²) in [6.45, 7) is 1.05. The molecule has 3 rings (SSSR count). The van der Waals surface area contributed by atoms with E-state index in [4.69, 9.17) is 9.47 Å². The van der Waals surface area contributed by atoms with Crippen molar-refractivity contribution in [2.24, 2.45) is 0 Å². The molecule has 17 heavy (non-hydrogen) atoms. The van der Waals surface area contributed by atoms with E-state index in [0.29, 0.717) is 0 Å². The van der Waals surface area contributed by atoms with Gasteiger partial charge in [0.15, 0.2) is 0 Å². The third kappa shape index (κ3) is 1.52. The van der Waals surface area contributed by atoms with Gasteiger partial charge in [-0.25, -0.2) is 18.9 Å². The van der Waals surface area contributed by atoms with Crippen molar-refractivity contribution in [3.05, 3.63) is 0 Å². The maximum Gasteiger partial charge on any atom is 0.416 e. The van der Waals surface area contributed by atoms with Crippen LogP contribution in [0.1, 0.15) is 12.8 Å². The molecular formula is C9H13N2O5P. The number of rotatable bonds is 3. The zero-order valence-corrected chi connectivity index (χ0v) is 10.1. The summed E-state index contributed by atoms with van der Waals surface area (Å²) in [5.41, 5.74) is -0.0983. The van der Waals surface area contributed by atoms with Crippen LogP contribution in [0.4, 0.5) is 9.59 Å². The normalized spacial score (nSPS) is 25.2. The molecule has 0 atom stereocenters. The van der Waals surface area contributed by atoms with Gasteiger partial charge >= 0.3 is 12.2 Å². The van der Waals surface area contributed by atoms with Gasteiger partial charge in [0.1, 0.15) is 13.2 Å². The summed E-state index contributed by atoms with van der Waals surface area (Å²) in [4.78, 5) is 23.1. The first-order valence-corrected chi connectivity index (χ1v) is 7.31. The summed E-state index contributed by atoms with van der Waals surface area (Å²) < 4.78 is 25.2. The Kier molecular flexibility index (Phi) is 2.33. The van der Waals surface area contributed by atoms with E-state index < -0.39 is 19.6 Å². The van der Waals surface area contributed by atoms with E-state index >= 15 is 0 Å². The second-order valence-electron chi connectivity index (χ2n) is 4.30. The topological polar surface area (TPSA) is 76.2 Å². The first-order chi connectivity index (χ1) is 8.14. The van der Waals surface area contributed by atoms with E-state index in [1.54, 1.807) is 0 Å². The molecule has 94 valence electrons. The highest BCUT2D eigenvalue weighted by molar-refractivity contribution is 7.61. The summed E-state index contributed by atoms with van der Waals surface area (Å²) in [6.07, 6.45) is 0.398. The third-order valence-electron chi connectivity index (χ3n) is 3.19. The largest absolute Gasteiger partial charge is 0.447 e. The fraction of sp³-hybridized carbons (Fsp3) is 0.778. The van der Waals surface area contributed by atoms with Crippen molar-refractivity contribution in [3.8, 4) is 0 Å². The van der Waals surface area contributed by atoms with Crippen molar-refractivity contribution >= 4 is 19.6 Å². The third-order valence-corrected chi connectivity index (χ3v) is 6.77. The van der Waals surface area contributed by atoms with Crippen molar-refractivity contribution < 1.29 is 23.6 Å². The van der Waals surface area contributed by atoms with E-state index in [1.807, 2.05) is 0 Å². The van der Waals surface area contributed by atoms with Crippen LogP contribution in [0, 0.1) is 0 Å². The lowest BCUT2D eigenvalue weighted by molar-refractivity contribution is 0.165. The molecule has 8 heteroatoms. The van der Waals surface area contributed by atoms with Gasteiger partial charge < -0.3 is 9.47 Å². The minimum Gasteiger partial charge on any atom is -0.447 e. The van der Waals surface area contributed by atoms with Crippen LogP contribution in [0.15, 0.2) is 0 Å². The van der Waals surface area contributed by atoms with Gasteiger partial charge in [-0.05, 0) is 12.8 Å². The van der Waals surface area contributed by atoms with Gasteiger partial charge in [-0.3, -0.25) is 4.57 Å². The molecule has 0 radical (unpaired) electrons. The first-order valence-electron chi connectivity index (χ1n) is 5.63. The van der Waals surface area contributed by atoms with Crippen molar-refractivity contribution in [1.82, 2.24) is 9.34 Å². The number of carbonyl (C=O) groups excluding carboxylic acids is 2. The molecule has 0 aromatic rings. The van der Waals surface area contributed by atoms with Gasteiger partial charge in [-0.15, -0.1) is 0 Å². The Balaban J connectivity index is 1.94. The molecule has 2 amide bonds. The molecule has 1 aliphatic carbocycles. The predicted molar refractivity (Wildman–Crippen MR) is 56.7 cm³/mol. The monoisotopic (exact) mass is 260 g/mol. The van der Waals surface area contributed by atoms with Gasteiger partial charge in [0.25, 0.3) is 7.44 Å². The van der Waals surface area contributed by atoms with Gasteiger partial charge in [0.2, 0.25) is 0 Å². The molecule has 3 fully saturated rings. The molecule has 2 saturated heterocycles. The molecule has 2 aliphatic heterocycles. The molecule has 0 bridgehead atoms. The standard InChI is InChI=1S/C9H13N2O5P/c12-8-10(3-5-15-8)17(14,7-1-2-7)11-4-6-16-9(11)13/h7H,1-6H2. The minimum atomic E-state index is -3.17. The van der Waals surface area contributed by atoms with Crippen LogP contribution < -0.4 is 0 Å². The molecule has 0 spiro atoms. The van der Waals surface area contributed by atoms with Crippen LogP contribution in [-0.4, -0.2) is 53.5 Å². The molecular weight excluding hydrogens is 247 g/mol. The molecule has 0 aromatic heterocycles. The second kappa shape index (κ2) is 3.63. The number of cyclic esters (lactones) is 2. The number of ether oxygens (including phenoxy) is 2. The number of hydrogen-bond donors (Lipinski definition) is 0. The lowest BCUT2D eigenvalue weighted by Crippen LogP contribution is -2.35. The quantitative estimate of drug-likeness (QED) is 0.714. The fourth-order valence-corrected chi connectivity index (χ4v) is 5.42. The fourth-order valence-electron chi connectivity index (χ4n) is 2.23. The summed E-state index contributed by atoms with van der Waals surface area (Å²) in [5, 5.41) is 0. The Bertz CT molecular complexity index is 392. The molecule has 0 N–H and O–H groups in total. The Labute approximate surface area is 98.1 Å². The Morgan fingerprint density at radius 3 is 1.76 bits per heavy atom. The zero-order valence-electron chi connectivity index (χ0n) is 9.20. The number of nitrogens with zero attached hydrogens (tertiary/aromatic N) is 2. The zero-order chi connectivity index (χ0) is 12.0. The van der Waals surface area contributed by atoms with Crippen LogP contribution in [0.2, 0.25) is 0 Å². The van der Waals surface area contributed by atoms with Crippen molar-refractivity contribution in [2.45, 2.75) is 18.5 Å². The highest BCUT2D eigenvalue weighted by Gasteiger charge is 2.56. The maximum atomic E-state index is 13.1. The Morgan fingerprint density at radius 2 is 1.47 bits per heavy atom. The lowest BCUT2D eigenvalue weighted by atomic mass is 10.7. The van der Waals surface area contributed by atoms with Crippen LogP contribution >= 0.6 is 7.44 Å². The average Bonchev–Trinajstić information content (AvgIpc) is 2.94. The van der Waals surface area contributed by atoms with Crippen molar-refractivity contribution in [2.75, 3.05) is 26.3 Å². The van der Waals surface area contributed by atoms with Gasteiger partial charge in [-0.2, -0.15) is 0 Å². The molecule has 0 unspecified atom stereocenters. The summed E-state index contributed by atoms with van der Waals surface area (Å²) in [5.74, 6) is 0. The number of carbonyl (C=O) groups is 2. The van der Waals surface area contributed by atoms with Gasteiger partial charge in [-0.1, -0.05) is 0 Å². The number of hydrogen-bond acceptors (Lipinski definition) is 5. The molecule has 7 nitrogen and oxygen atoms in total. The highest BCUT2D eigenvalue weighted by atomic mass is 31.2. The molecule has 0 aromatic carbocycles. The Morgan fingerprint density at radius 1 is 1.00 bits per heavy atom. The minimum absolute atomic E-state index is 0.0983. The SMILES string of the molecule is O=C1OCCN1P(=O)(C1CC1)N1CCOC1=O. The van der Waals surface area contributed by atoms with E-state index in [1.165, 1.54) is 9.34 Å². The van der Waals surface area contributed by atoms with Crippen LogP contribution in [-0.2, 0) is 14.0 Å². The summed E-state index contributed by atoms with van der Waals surface area (Å²) in [6, 6.07) is 0. The summed E-state index contributed by atoms with van der Waals surface area (Å²) in [7, 11) is -3.17. The van der Waals surface area contributed by atoms with E-state index in [9.17, 15) is 14.2 Å². The highest BCUT2D eigenvalue weighted by Crippen LogP contribution is 2.66. The van der Waals surface area contributed by atoms with E-state index in [0.717, 1.165) is 12.8 Å². The average molecular weight is 260 g/mol. The van der Waals surface area contributed by atoms with Crippen LogP contribution in [0.25, 0.3) is 0 Å². The van der Waals surface area contributed by atoms with E-state index in [-0.39, 0.29) is 32.0 Å². The van der Waals surface area contributed by atoms with Crippen molar-refractivity contribution in [3.63, 3.8) is 0 Å². The molecule has 3 aliphatic rings. The van der Waals surface area contributed by atoms with Gasteiger partial charge in [0.05, 0.1) is 13.1 Å². The molecule has 2 heterocycles. The first kappa shape index (κ1) is 10.9. The van der Waals surface area contributed by atoms with E-state index in [2.05, 4.69) is 0 Å². The smallest absolute Gasteiger partial charge is 0.416 e. The maximum absolute atomic E-state index is 13.1. The van der Waals surface area contributed by atoms with Crippen LogP contribution in [0.3, 0.4) is 0 Å². The van der Waals surface area contributed by atoms with Crippen LogP contribution in [0.5, 0.6) is 0 Å². The van der Waals surface area contributed by atoms with Gasteiger partial charge in [0, 0.05) is 5.66 Å². The lowest BCUT2D eigenvalue weighted by Gasteiger charge is -2.31. The van der Waals surface area contributed by atoms with Crippen molar-refractivity contribution in [1.29, 1.82) is 0 Å². The Hall–Kier alpha value is -1.23. The second-order valence-corrected chi connectivity index (χ2v) is 7.17. The molecule has 1 saturated carbocycles. The summed E-state index contributed by atoms with van der Waals surface area (Å²) >= 11 is 0. The number of amides is 2. The predicted octanol–water partition coefficient (Wildman–Crippen LogP) is 1.25.